The number of halogens is 1. The molecule has 1 saturated carbocycles. The maximum Gasteiger partial charge on any atom is 0.329 e. The Morgan fingerprint density at radius 1 is 1.00 bits per heavy atom. The first-order valence-corrected chi connectivity index (χ1v) is 13.1. The monoisotopic (exact) mass is 517 g/mol. The van der Waals surface area contributed by atoms with Gasteiger partial charge in [-0.15, -0.1) is 0 Å². The molecule has 0 saturated heterocycles. The number of anilines is 1. The fraction of sp³-hybridized carbons (Fsp3) is 0.323. The van der Waals surface area contributed by atoms with E-state index in [0.29, 0.717) is 31.1 Å². The van der Waals surface area contributed by atoms with Crippen molar-refractivity contribution in [2.24, 2.45) is 0 Å². The van der Waals surface area contributed by atoms with Crippen LogP contribution >= 0.6 is 11.6 Å². The van der Waals surface area contributed by atoms with Crippen LogP contribution in [0.15, 0.2) is 78.4 Å². The molecule has 2 N–H and O–H groups in total. The van der Waals surface area contributed by atoms with Gasteiger partial charge in [0.15, 0.2) is 0 Å². The van der Waals surface area contributed by atoms with Crippen molar-refractivity contribution in [2.75, 3.05) is 25.6 Å². The number of methoxy groups -OCH3 is 1. The summed E-state index contributed by atoms with van der Waals surface area (Å²) < 4.78 is 11.5. The molecule has 5 rings (SSSR count). The van der Waals surface area contributed by atoms with Gasteiger partial charge in [-0.05, 0) is 84.7 Å². The van der Waals surface area contributed by atoms with Crippen LogP contribution in [-0.2, 0) is 21.4 Å². The minimum absolute atomic E-state index is 0.207. The van der Waals surface area contributed by atoms with Gasteiger partial charge in [0.1, 0.15) is 11.3 Å². The van der Waals surface area contributed by atoms with Crippen molar-refractivity contribution in [3.8, 4) is 5.75 Å². The highest BCUT2D eigenvalue weighted by molar-refractivity contribution is 6.30. The molecule has 6 heteroatoms. The lowest BCUT2D eigenvalue weighted by Crippen LogP contribution is -2.52. The second kappa shape index (κ2) is 10.6. The number of benzene rings is 3. The molecule has 0 amide bonds. The van der Waals surface area contributed by atoms with Gasteiger partial charge in [-0.2, -0.15) is 0 Å². The fourth-order valence-electron chi connectivity index (χ4n) is 5.87. The third kappa shape index (κ3) is 5.11. The van der Waals surface area contributed by atoms with Crippen molar-refractivity contribution in [1.82, 2.24) is 0 Å². The van der Waals surface area contributed by atoms with Crippen molar-refractivity contribution in [3.63, 3.8) is 0 Å². The predicted octanol–water partition coefficient (Wildman–Crippen LogP) is 6.75. The SMILES string of the molecule is COc1cccc(CCOCC2=Cc3ccccc3C23CCC(Nc2cccc(Cl)c2)(C(=O)O)CC3)c1. The Hall–Kier alpha value is -3.28. The van der Waals surface area contributed by atoms with E-state index in [1.807, 2.05) is 30.3 Å². The zero-order chi connectivity index (χ0) is 25.9. The van der Waals surface area contributed by atoms with Crippen molar-refractivity contribution in [3.05, 3.63) is 100 Å². The molecule has 0 bridgehead atoms. The van der Waals surface area contributed by atoms with Gasteiger partial charge in [0.2, 0.25) is 0 Å². The maximum atomic E-state index is 12.5. The Morgan fingerprint density at radius 2 is 1.78 bits per heavy atom. The van der Waals surface area contributed by atoms with Crippen molar-refractivity contribution >= 4 is 29.3 Å². The summed E-state index contributed by atoms with van der Waals surface area (Å²) in [7, 11) is 1.67. The van der Waals surface area contributed by atoms with E-state index >= 15 is 0 Å². The van der Waals surface area contributed by atoms with Gasteiger partial charge in [0.05, 0.1) is 20.3 Å². The summed E-state index contributed by atoms with van der Waals surface area (Å²) in [6, 6.07) is 23.8. The Balaban J connectivity index is 1.31. The van der Waals surface area contributed by atoms with E-state index in [2.05, 4.69) is 41.7 Å². The maximum absolute atomic E-state index is 12.5. The number of hydrogen-bond acceptors (Lipinski definition) is 4. The Morgan fingerprint density at radius 3 is 2.54 bits per heavy atom. The lowest BCUT2D eigenvalue weighted by Gasteiger charge is -2.45. The largest absolute Gasteiger partial charge is 0.497 e. The van der Waals surface area contributed by atoms with Gasteiger partial charge in [0, 0.05) is 16.1 Å². The van der Waals surface area contributed by atoms with Crippen LogP contribution < -0.4 is 10.1 Å². The molecule has 2 aliphatic carbocycles. The second-order valence-electron chi connectivity index (χ2n) is 10.0. The average molecular weight is 518 g/mol. The topological polar surface area (TPSA) is 67.8 Å². The molecule has 0 unspecified atom stereocenters. The summed E-state index contributed by atoms with van der Waals surface area (Å²) in [5.41, 5.74) is 4.39. The first-order valence-electron chi connectivity index (χ1n) is 12.7. The summed E-state index contributed by atoms with van der Waals surface area (Å²) in [5, 5.41) is 14.2. The highest BCUT2D eigenvalue weighted by atomic mass is 35.5. The van der Waals surface area contributed by atoms with Crippen LogP contribution in [-0.4, -0.2) is 36.9 Å². The molecular weight excluding hydrogens is 486 g/mol. The number of carboxylic acid groups (broad SMARTS) is 1. The van der Waals surface area contributed by atoms with Crippen LogP contribution in [0.25, 0.3) is 6.08 Å². The molecule has 3 aromatic carbocycles. The summed E-state index contributed by atoms with van der Waals surface area (Å²) in [4.78, 5) is 12.5. The van der Waals surface area contributed by atoms with E-state index < -0.39 is 11.5 Å². The minimum atomic E-state index is -1.04. The van der Waals surface area contributed by atoms with E-state index in [1.165, 1.54) is 22.3 Å². The van der Waals surface area contributed by atoms with Gasteiger partial charge in [-0.3, -0.25) is 0 Å². The average Bonchev–Trinajstić information content (AvgIpc) is 3.21. The molecule has 5 nitrogen and oxygen atoms in total. The molecule has 0 aromatic heterocycles. The van der Waals surface area contributed by atoms with E-state index in [4.69, 9.17) is 21.1 Å². The number of hydrogen-bond donors (Lipinski definition) is 2. The van der Waals surface area contributed by atoms with E-state index in [-0.39, 0.29) is 5.41 Å². The van der Waals surface area contributed by atoms with Crippen LogP contribution in [0.4, 0.5) is 5.69 Å². The molecule has 1 spiro atoms. The number of carboxylic acids is 1. The van der Waals surface area contributed by atoms with Gasteiger partial charge in [-0.25, -0.2) is 4.79 Å². The number of rotatable bonds is 9. The number of nitrogens with one attached hydrogen (secondary N) is 1. The lowest BCUT2D eigenvalue weighted by molar-refractivity contribution is -0.143. The number of carbonyl (C=O) groups is 1. The van der Waals surface area contributed by atoms with Gasteiger partial charge >= 0.3 is 5.97 Å². The molecule has 0 atom stereocenters. The Bertz CT molecular complexity index is 1310. The smallest absolute Gasteiger partial charge is 0.329 e. The van der Waals surface area contributed by atoms with Crippen molar-refractivity contribution in [1.29, 1.82) is 0 Å². The van der Waals surface area contributed by atoms with Crippen LogP contribution in [0.2, 0.25) is 5.02 Å². The molecule has 1 fully saturated rings. The number of fused-ring (bicyclic) bond motifs is 2. The molecule has 2 aliphatic rings. The highest BCUT2D eigenvalue weighted by Gasteiger charge is 2.51. The number of ether oxygens (including phenoxy) is 2. The molecule has 0 radical (unpaired) electrons. The van der Waals surface area contributed by atoms with Gasteiger partial charge in [-0.1, -0.05) is 60.1 Å². The summed E-state index contributed by atoms with van der Waals surface area (Å²) in [6.07, 6.45) is 5.52. The molecule has 37 heavy (non-hydrogen) atoms. The molecule has 3 aromatic rings. The summed E-state index contributed by atoms with van der Waals surface area (Å²) >= 11 is 6.16. The quantitative estimate of drug-likeness (QED) is 0.307. The lowest BCUT2D eigenvalue weighted by atomic mass is 9.62. The third-order valence-electron chi connectivity index (χ3n) is 7.92. The van der Waals surface area contributed by atoms with Crippen molar-refractivity contribution in [2.45, 2.75) is 43.1 Å². The first kappa shape index (κ1) is 25.4. The van der Waals surface area contributed by atoms with Crippen LogP contribution in [0, 0.1) is 0 Å². The van der Waals surface area contributed by atoms with Crippen LogP contribution in [0.1, 0.15) is 42.4 Å². The minimum Gasteiger partial charge on any atom is -0.497 e. The van der Waals surface area contributed by atoms with E-state index in [9.17, 15) is 9.90 Å². The standard InChI is InChI=1S/C31H32ClNO4/c1-36-27-10-4-6-22(18-27)12-17-37-21-24-19-23-7-2-3-11-28(23)30(24)13-15-31(16-14-30,29(34)35)33-26-9-5-8-25(32)20-26/h2-11,18-20,33H,12-17,21H2,1H3,(H,34,35). The zero-order valence-electron chi connectivity index (χ0n) is 21.0. The third-order valence-corrected chi connectivity index (χ3v) is 8.16. The molecular formula is C31H32ClNO4. The Labute approximate surface area is 223 Å². The highest BCUT2D eigenvalue weighted by Crippen LogP contribution is 2.53. The second-order valence-corrected chi connectivity index (χ2v) is 10.5. The Kier molecular flexibility index (Phi) is 7.27. The predicted molar refractivity (Wildman–Crippen MR) is 148 cm³/mol. The summed E-state index contributed by atoms with van der Waals surface area (Å²) in [6.45, 7) is 1.13. The molecule has 192 valence electrons. The van der Waals surface area contributed by atoms with Gasteiger partial charge in [0.25, 0.3) is 0 Å². The molecule has 0 heterocycles. The van der Waals surface area contributed by atoms with Crippen LogP contribution in [0.5, 0.6) is 5.75 Å². The molecule has 0 aliphatic heterocycles. The fourth-order valence-corrected chi connectivity index (χ4v) is 6.06. The zero-order valence-corrected chi connectivity index (χ0v) is 21.8. The van der Waals surface area contributed by atoms with Gasteiger partial charge < -0.3 is 19.9 Å². The van der Waals surface area contributed by atoms with E-state index in [0.717, 1.165) is 30.7 Å². The van der Waals surface area contributed by atoms with Crippen LogP contribution in [0.3, 0.4) is 0 Å². The summed E-state index contributed by atoms with van der Waals surface area (Å²) in [5.74, 6) is 0.0228. The van der Waals surface area contributed by atoms with Crippen molar-refractivity contribution < 1.29 is 19.4 Å². The normalized spacial score (nSPS) is 22.4. The number of aliphatic carboxylic acids is 1. The van der Waals surface area contributed by atoms with E-state index in [1.54, 1.807) is 19.2 Å². The first-order chi connectivity index (χ1) is 17.9.